The molecule has 0 radical (unpaired) electrons. The van der Waals surface area contributed by atoms with Gasteiger partial charge in [0, 0.05) is 12.8 Å². The van der Waals surface area contributed by atoms with Crippen molar-refractivity contribution in [1.82, 2.24) is 5.32 Å². The summed E-state index contributed by atoms with van der Waals surface area (Å²) in [6.45, 7) is 4.95. The van der Waals surface area contributed by atoms with Gasteiger partial charge in [-0.25, -0.2) is 0 Å². The summed E-state index contributed by atoms with van der Waals surface area (Å²) in [5, 5.41) is 23.3. The van der Waals surface area contributed by atoms with E-state index < -0.39 is 12.1 Å². The molecule has 0 spiro atoms. The Kier molecular flexibility index (Phi) is 56.5. The summed E-state index contributed by atoms with van der Waals surface area (Å²) < 4.78 is 5.47. The Morgan fingerprint density at radius 1 is 0.397 bits per heavy atom. The number of esters is 1. The molecule has 0 rings (SSSR count). The lowest BCUT2D eigenvalue weighted by molar-refractivity contribution is -0.143. The molecule has 2 unspecified atom stereocenters. The summed E-state index contributed by atoms with van der Waals surface area (Å²) in [7, 11) is 0. The number of nitrogens with one attached hydrogen (secondary N) is 1. The van der Waals surface area contributed by atoms with Gasteiger partial charge in [0.1, 0.15) is 0 Å². The van der Waals surface area contributed by atoms with Crippen molar-refractivity contribution in [3.05, 3.63) is 24.3 Å². The molecule has 0 saturated carbocycles. The highest BCUT2D eigenvalue weighted by molar-refractivity contribution is 5.76. The molecule has 0 fully saturated rings. The first-order chi connectivity index (χ1) is 33.5. The highest BCUT2D eigenvalue weighted by atomic mass is 16.5. The maximum atomic E-state index is 12.5. The minimum Gasteiger partial charge on any atom is -0.466 e. The van der Waals surface area contributed by atoms with E-state index in [0.29, 0.717) is 25.9 Å². The molecule has 0 aromatic carbocycles. The molecule has 0 aliphatic carbocycles. The van der Waals surface area contributed by atoms with Crippen molar-refractivity contribution in [3.8, 4) is 0 Å². The first kappa shape index (κ1) is 66.3. The Labute approximate surface area is 424 Å². The molecular weight excluding hydrogens is 839 g/mol. The SMILES string of the molecule is CCCCCCCC/C=C\CCCCCCCC(=O)OCCCCCCCCCC/C=C\CCCCCCCCCC(=O)NC(CO)C(O)CCCCCCCCCCCCCCCCCCC. The van der Waals surface area contributed by atoms with E-state index in [1.54, 1.807) is 0 Å². The molecule has 0 aromatic heterocycles. The zero-order valence-electron chi connectivity index (χ0n) is 45.9. The topological polar surface area (TPSA) is 95.9 Å². The zero-order valence-corrected chi connectivity index (χ0v) is 45.9. The molecule has 1 amide bonds. The lowest BCUT2D eigenvalue weighted by Gasteiger charge is -2.22. The highest BCUT2D eigenvalue weighted by Gasteiger charge is 2.20. The van der Waals surface area contributed by atoms with Crippen LogP contribution in [0.4, 0.5) is 0 Å². The van der Waals surface area contributed by atoms with E-state index in [-0.39, 0.29) is 18.5 Å². The van der Waals surface area contributed by atoms with Crippen LogP contribution in [0.3, 0.4) is 0 Å². The first-order valence-electron chi connectivity index (χ1n) is 30.6. The van der Waals surface area contributed by atoms with E-state index in [1.807, 2.05) is 0 Å². The standard InChI is InChI=1S/C62H119NO5/c1-3-5-7-9-11-13-15-17-19-23-27-30-34-38-42-46-50-54-60(65)59(58-64)63-61(66)55-51-47-43-39-35-31-28-24-21-20-22-25-29-33-37-41-45-49-53-57-68-62(67)56-52-48-44-40-36-32-26-18-16-14-12-10-8-6-4-2/h18,20-21,26,59-60,64-65H,3-17,19,22-25,27-58H2,1-2H3,(H,63,66)/b21-20-,26-18-. The smallest absolute Gasteiger partial charge is 0.305 e. The number of unbranched alkanes of at least 4 members (excludes halogenated alkanes) is 42. The Morgan fingerprint density at radius 2 is 0.691 bits per heavy atom. The molecular formula is C62H119NO5. The Balaban J connectivity index is 3.44. The molecule has 0 aliphatic rings. The first-order valence-corrected chi connectivity index (χ1v) is 30.6. The van der Waals surface area contributed by atoms with E-state index >= 15 is 0 Å². The lowest BCUT2D eigenvalue weighted by Crippen LogP contribution is -2.45. The van der Waals surface area contributed by atoms with Crippen LogP contribution in [0, 0.1) is 0 Å². The fraction of sp³-hybridized carbons (Fsp3) is 0.903. The van der Waals surface area contributed by atoms with E-state index in [0.717, 1.165) is 44.9 Å². The quantitative estimate of drug-likeness (QED) is 0.0321. The molecule has 0 aromatic rings. The molecule has 0 saturated heterocycles. The predicted molar refractivity (Wildman–Crippen MR) is 296 cm³/mol. The van der Waals surface area contributed by atoms with E-state index in [9.17, 15) is 19.8 Å². The van der Waals surface area contributed by atoms with Crippen LogP contribution in [0.5, 0.6) is 0 Å². The van der Waals surface area contributed by atoms with E-state index in [4.69, 9.17) is 4.74 Å². The largest absolute Gasteiger partial charge is 0.466 e. The number of aliphatic hydroxyl groups excluding tert-OH is 2. The fourth-order valence-corrected chi connectivity index (χ4v) is 9.51. The average Bonchev–Trinajstić information content (AvgIpc) is 3.34. The number of ether oxygens (including phenoxy) is 1. The van der Waals surface area contributed by atoms with Crippen LogP contribution in [0.2, 0.25) is 0 Å². The van der Waals surface area contributed by atoms with Gasteiger partial charge in [-0.15, -0.1) is 0 Å². The van der Waals surface area contributed by atoms with Gasteiger partial charge in [-0.05, 0) is 77.0 Å². The highest BCUT2D eigenvalue weighted by Crippen LogP contribution is 2.17. The van der Waals surface area contributed by atoms with Crippen molar-refractivity contribution in [1.29, 1.82) is 0 Å². The number of amides is 1. The number of allylic oxidation sites excluding steroid dienone is 4. The molecule has 3 N–H and O–H groups in total. The summed E-state index contributed by atoms with van der Waals surface area (Å²) in [6, 6.07) is -0.549. The number of carbonyl (C=O) groups is 2. The molecule has 6 heteroatoms. The third-order valence-corrected chi connectivity index (χ3v) is 14.2. The van der Waals surface area contributed by atoms with Crippen LogP contribution in [0.15, 0.2) is 24.3 Å². The summed E-state index contributed by atoms with van der Waals surface area (Å²) >= 11 is 0. The second-order valence-corrected chi connectivity index (χ2v) is 21.0. The maximum absolute atomic E-state index is 12.5. The molecule has 0 aliphatic heterocycles. The van der Waals surface area contributed by atoms with Crippen LogP contribution in [0.1, 0.15) is 335 Å². The van der Waals surface area contributed by atoms with Crippen molar-refractivity contribution in [3.63, 3.8) is 0 Å². The number of hydrogen-bond donors (Lipinski definition) is 3. The lowest BCUT2D eigenvalue weighted by atomic mass is 10.0. The minimum atomic E-state index is -0.671. The van der Waals surface area contributed by atoms with Crippen molar-refractivity contribution < 1.29 is 24.5 Å². The van der Waals surface area contributed by atoms with Gasteiger partial charge in [0.2, 0.25) is 5.91 Å². The second kappa shape index (κ2) is 57.9. The number of hydrogen-bond acceptors (Lipinski definition) is 5. The molecule has 402 valence electrons. The summed E-state index contributed by atoms with van der Waals surface area (Å²) in [6.07, 6.45) is 70.3. The van der Waals surface area contributed by atoms with Crippen LogP contribution in [-0.2, 0) is 14.3 Å². The molecule has 0 bridgehead atoms. The van der Waals surface area contributed by atoms with E-state index in [1.165, 1.54) is 257 Å². The van der Waals surface area contributed by atoms with Gasteiger partial charge in [0.05, 0.1) is 25.4 Å². The summed E-state index contributed by atoms with van der Waals surface area (Å²) in [5.74, 6) is -0.0460. The minimum absolute atomic E-state index is 0.00351. The van der Waals surface area contributed by atoms with Crippen molar-refractivity contribution in [2.75, 3.05) is 13.2 Å². The Hall–Kier alpha value is -1.66. The predicted octanol–water partition coefficient (Wildman–Crippen LogP) is 19.0. The maximum Gasteiger partial charge on any atom is 0.305 e. The monoisotopic (exact) mass is 958 g/mol. The summed E-state index contributed by atoms with van der Waals surface area (Å²) in [4.78, 5) is 24.5. The van der Waals surface area contributed by atoms with Crippen LogP contribution in [0.25, 0.3) is 0 Å². The third kappa shape index (κ3) is 53.7. The number of rotatable bonds is 57. The molecule has 0 heterocycles. The summed E-state index contributed by atoms with van der Waals surface area (Å²) in [5.41, 5.74) is 0. The van der Waals surface area contributed by atoms with Crippen molar-refractivity contribution >= 4 is 11.9 Å². The van der Waals surface area contributed by atoms with Crippen molar-refractivity contribution in [2.24, 2.45) is 0 Å². The van der Waals surface area contributed by atoms with Crippen LogP contribution >= 0.6 is 0 Å². The molecule has 68 heavy (non-hydrogen) atoms. The number of carbonyl (C=O) groups excluding carboxylic acids is 2. The molecule has 6 nitrogen and oxygen atoms in total. The normalized spacial score (nSPS) is 12.7. The van der Waals surface area contributed by atoms with E-state index in [2.05, 4.69) is 43.5 Å². The van der Waals surface area contributed by atoms with Gasteiger partial charge in [-0.1, -0.05) is 269 Å². The average molecular weight is 959 g/mol. The zero-order chi connectivity index (χ0) is 49.3. The van der Waals surface area contributed by atoms with Gasteiger partial charge < -0.3 is 20.3 Å². The van der Waals surface area contributed by atoms with Crippen LogP contribution in [-0.4, -0.2) is 47.4 Å². The third-order valence-electron chi connectivity index (χ3n) is 14.2. The van der Waals surface area contributed by atoms with Gasteiger partial charge in [-0.3, -0.25) is 9.59 Å². The van der Waals surface area contributed by atoms with Crippen LogP contribution < -0.4 is 5.32 Å². The van der Waals surface area contributed by atoms with Crippen molar-refractivity contribution in [2.45, 2.75) is 347 Å². The van der Waals surface area contributed by atoms with Gasteiger partial charge in [0.15, 0.2) is 0 Å². The molecule has 2 atom stereocenters. The van der Waals surface area contributed by atoms with Gasteiger partial charge in [-0.2, -0.15) is 0 Å². The number of aliphatic hydroxyl groups is 2. The Bertz CT molecular complexity index is 1060. The Morgan fingerprint density at radius 3 is 1.04 bits per heavy atom. The fourth-order valence-electron chi connectivity index (χ4n) is 9.51. The van der Waals surface area contributed by atoms with Gasteiger partial charge >= 0.3 is 5.97 Å². The van der Waals surface area contributed by atoms with Gasteiger partial charge in [0.25, 0.3) is 0 Å². The second-order valence-electron chi connectivity index (χ2n) is 21.0.